The predicted molar refractivity (Wildman–Crippen MR) is 91.2 cm³/mol. The summed E-state index contributed by atoms with van der Waals surface area (Å²) in [7, 11) is 1.71. The summed E-state index contributed by atoms with van der Waals surface area (Å²) in [5.74, 6) is 0.880. The topological polar surface area (TPSA) is 78.7 Å². The summed E-state index contributed by atoms with van der Waals surface area (Å²) >= 11 is 1.70. The van der Waals surface area contributed by atoms with Crippen molar-refractivity contribution in [2.45, 2.75) is 20.4 Å². The highest BCUT2D eigenvalue weighted by Crippen LogP contribution is 2.29. The molecule has 0 unspecified atom stereocenters. The molecule has 4 heterocycles. The fraction of sp³-hybridized carbons (Fsp3) is 0.250. The minimum absolute atomic E-state index is 0.159. The number of imidazole rings is 1. The molecule has 4 aromatic rings. The number of pyridine rings is 1. The van der Waals surface area contributed by atoms with Crippen LogP contribution in [0, 0.1) is 13.8 Å². The van der Waals surface area contributed by atoms with E-state index in [0.717, 1.165) is 16.0 Å². The molecule has 0 aliphatic carbocycles. The van der Waals surface area contributed by atoms with Crippen LogP contribution in [0.5, 0.6) is 0 Å². The standard InChI is InChI=1S/C16H15N5O2S/c1-9-4-5-13(24-9)11-6-12-15(17-7-11)20(3)16(22)21(12)8-14-19-18-10(2)23-14/h4-7H,8H2,1-3H3. The first-order chi connectivity index (χ1) is 11.5. The largest absolute Gasteiger partial charge is 0.424 e. The third-order valence-corrected chi connectivity index (χ3v) is 4.91. The molecule has 0 atom stereocenters. The lowest BCUT2D eigenvalue weighted by molar-refractivity contribution is 0.453. The molecule has 0 aliphatic rings. The number of fused-ring (bicyclic) bond motifs is 1. The van der Waals surface area contributed by atoms with Crippen molar-refractivity contribution in [3.8, 4) is 10.4 Å². The van der Waals surface area contributed by atoms with E-state index in [9.17, 15) is 4.79 Å². The summed E-state index contributed by atoms with van der Waals surface area (Å²) in [5.41, 5.74) is 2.21. The molecule has 0 N–H and O–H groups in total. The van der Waals surface area contributed by atoms with Gasteiger partial charge in [-0.15, -0.1) is 21.5 Å². The second-order valence-electron chi connectivity index (χ2n) is 5.62. The SMILES string of the molecule is Cc1nnc(Cn2c(=O)n(C)c3ncc(-c4ccc(C)s4)cc32)o1. The molecular weight excluding hydrogens is 326 g/mol. The summed E-state index contributed by atoms with van der Waals surface area (Å²) in [6.45, 7) is 4.02. The Hall–Kier alpha value is -2.74. The predicted octanol–water partition coefficient (Wildman–Crippen LogP) is 2.51. The van der Waals surface area contributed by atoms with Gasteiger partial charge in [-0.1, -0.05) is 0 Å². The van der Waals surface area contributed by atoms with Gasteiger partial charge in [0.1, 0.15) is 6.54 Å². The van der Waals surface area contributed by atoms with Gasteiger partial charge in [0.05, 0.1) is 5.52 Å². The summed E-state index contributed by atoms with van der Waals surface area (Å²) in [6.07, 6.45) is 1.80. The zero-order chi connectivity index (χ0) is 16.8. The van der Waals surface area contributed by atoms with E-state index in [0.29, 0.717) is 17.4 Å². The maximum Gasteiger partial charge on any atom is 0.330 e. The molecule has 4 aromatic heterocycles. The Labute approximate surface area is 141 Å². The molecular formula is C16H15N5O2S. The fourth-order valence-corrected chi connectivity index (χ4v) is 3.54. The Kier molecular flexibility index (Phi) is 3.34. The van der Waals surface area contributed by atoms with Crippen molar-refractivity contribution in [2.24, 2.45) is 7.05 Å². The van der Waals surface area contributed by atoms with E-state index in [4.69, 9.17) is 4.42 Å². The Morgan fingerprint density at radius 2 is 2.08 bits per heavy atom. The fourth-order valence-electron chi connectivity index (χ4n) is 2.69. The van der Waals surface area contributed by atoms with Gasteiger partial charge in [0.15, 0.2) is 5.65 Å². The van der Waals surface area contributed by atoms with Gasteiger partial charge >= 0.3 is 5.69 Å². The molecule has 8 heteroatoms. The number of hydrogen-bond acceptors (Lipinski definition) is 6. The van der Waals surface area contributed by atoms with Crippen molar-refractivity contribution >= 4 is 22.5 Å². The molecule has 0 amide bonds. The Bertz CT molecular complexity index is 1100. The molecule has 0 saturated heterocycles. The van der Waals surface area contributed by atoms with Crippen LogP contribution in [0.2, 0.25) is 0 Å². The van der Waals surface area contributed by atoms with E-state index in [1.807, 2.05) is 6.07 Å². The quantitative estimate of drug-likeness (QED) is 0.572. The van der Waals surface area contributed by atoms with Crippen molar-refractivity contribution in [2.75, 3.05) is 0 Å². The van der Waals surface area contributed by atoms with Crippen LogP contribution < -0.4 is 5.69 Å². The van der Waals surface area contributed by atoms with E-state index < -0.39 is 0 Å². The first-order valence-electron chi connectivity index (χ1n) is 7.44. The highest BCUT2D eigenvalue weighted by molar-refractivity contribution is 7.15. The van der Waals surface area contributed by atoms with Crippen LogP contribution in [0.3, 0.4) is 0 Å². The first-order valence-corrected chi connectivity index (χ1v) is 8.25. The van der Waals surface area contributed by atoms with Gasteiger partial charge in [0.25, 0.3) is 0 Å². The van der Waals surface area contributed by atoms with Gasteiger partial charge in [0, 0.05) is 35.5 Å². The second-order valence-corrected chi connectivity index (χ2v) is 6.91. The van der Waals surface area contributed by atoms with Gasteiger partial charge in [-0.05, 0) is 25.1 Å². The van der Waals surface area contributed by atoms with Crippen molar-refractivity contribution in [3.63, 3.8) is 0 Å². The Morgan fingerprint density at radius 3 is 2.75 bits per heavy atom. The smallest absolute Gasteiger partial charge is 0.330 e. The van der Waals surface area contributed by atoms with E-state index in [-0.39, 0.29) is 12.2 Å². The van der Waals surface area contributed by atoms with E-state index in [1.54, 1.807) is 36.1 Å². The molecule has 0 fully saturated rings. The maximum absolute atomic E-state index is 12.5. The lowest BCUT2D eigenvalue weighted by Gasteiger charge is -2.01. The second kappa shape index (κ2) is 5.41. The van der Waals surface area contributed by atoms with Crippen molar-refractivity contribution in [1.29, 1.82) is 0 Å². The Morgan fingerprint density at radius 1 is 1.25 bits per heavy atom. The zero-order valence-corrected chi connectivity index (χ0v) is 14.3. The summed E-state index contributed by atoms with van der Waals surface area (Å²) < 4.78 is 8.55. The number of aromatic nitrogens is 5. The molecule has 4 rings (SSSR count). The molecule has 7 nitrogen and oxygen atoms in total. The monoisotopic (exact) mass is 341 g/mol. The summed E-state index contributed by atoms with van der Waals surface area (Å²) in [5, 5.41) is 7.79. The molecule has 0 aromatic carbocycles. The summed E-state index contributed by atoms with van der Waals surface area (Å²) in [4.78, 5) is 19.4. The van der Waals surface area contributed by atoms with Crippen LogP contribution in [-0.4, -0.2) is 24.3 Å². The number of thiophene rings is 1. The van der Waals surface area contributed by atoms with Crippen LogP contribution in [0.15, 0.2) is 33.6 Å². The zero-order valence-electron chi connectivity index (χ0n) is 13.5. The lowest BCUT2D eigenvalue weighted by atomic mass is 10.2. The highest BCUT2D eigenvalue weighted by atomic mass is 32.1. The van der Waals surface area contributed by atoms with Crippen LogP contribution in [0.4, 0.5) is 0 Å². The number of hydrogen-bond donors (Lipinski definition) is 0. The molecule has 0 saturated carbocycles. The first kappa shape index (κ1) is 14.8. The van der Waals surface area contributed by atoms with Crippen molar-refractivity contribution in [1.82, 2.24) is 24.3 Å². The lowest BCUT2D eigenvalue weighted by Crippen LogP contribution is -2.22. The molecule has 0 radical (unpaired) electrons. The molecule has 24 heavy (non-hydrogen) atoms. The van der Waals surface area contributed by atoms with E-state index >= 15 is 0 Å². The van der Waals surface area contributed by atoms with Gasteiger partial charge in [0.2, 0.25) is 11.8 Å². The minimum Gasteiger partial charge on any atom is -0.424 e. The third kappa shape index (κ3) is 2.35. The van der Waals surface area contributed by atoms with Crippen LogP contribution in [-0.2, 0) is 13.6 Å². The molecule has 0 spiro atoms. The van der Waals surface area contributed by atoms with Crippen LogP contribution in [0.25, 0.3) is 21.6 Å². The molecule has 122 valence electrons. The third-order valence-electron chi connectivity index (χ3n) is 3.86. The average Bonchev–Trinajstić information content (AvgIpc) is 3.24. The Balaban J connectivity index is 1.88. The normalized spacial score (nSPS) is 11.5. The van der Waals surface area contributed by atoms with Crippen LogP contribution >= 0.6 is 11.3 Å². The van der Waals surface area contributed by atoms with E-state index in [2.05, 4.69) is 34.2 Å². The average molecular weight is 341 g/mol. The maximum atomic E-state index is 12.5. The number of aryl methyl sites for hydroxylation is 3. The van der Waals surface area contributed by atoms with E-state index in [1.165, 1.54) is 9.44 Å². The number of rotatable bonds is 3. The molecule has 0 bridgehead atoms. The minimum atomic E-state index is -0.159. The van der Waals surface area contributed by atoms with Crippen molar-refractivity contribution in [3.05, 3.63) is 51.5 Å². The summed E-state index contributed by atoms with van der Waals surface area (Å²) in [6, 6.07) is 6.12. The van der Waals surface area contributed by atoms with Crippen LogP contribution in [0.1, 0.15) is 16.7 Å². The molecule has 0 aliphatic heterocycles. The van der Waals surface area contributed by atoms with Gasteiger partial charge in [-0.3, -0.25) is 9.13 Å². The highest BCUT2D eigenvalue weighted by Gasteiger charge is 2.16. The number of nitrogens with zero attached hydrogens (tertiary/aromatic N) is 5. The van der Waals surface area contributed by atoms with Gasteiger partial charge < -0.3 is 4.42 Å². The van der Waals surface area contributed by atoms with Gasteiger partial charge in [-0.25, -0.2) is 9.78 Å². The van der Waals surface area contributed by atoms with Gasteiger partial charge in [-0.2, -0.15) is 0 Å². The van der Waals surface area contributed by atoms with Crippen molar-refractivity contribution < 1.29 is 4.42 Å².